The summed E-state index contributed by atoms with van der Waals surface area (Å²) in [7, 11) is 8.70. The summed E-state index contributed by atoms with van der Waals surface area (Å²) in [4.78, 5) is 9.55. The van der Waals surface area contributed by atoms with Crippen LogP contribution in [0.2, 0.25) is 0 Å². The van der Waals surface area contributed by atoms with Crippen molar-refractivity contribution in [2.75, 3.05) is 37.8 Å². The minimum absolute atomic E-state index is 0.00857. The van der Waals surface area contributed by atoms with Gasteiger partial charge < -0.3 is 10.2 Å². The average Bonchev–Trinajstić information content (AvgIpc) is 3.67. The van der Waals surface area contributed by atoms with Crippen molar-refractivity contribution in [1.82, 2.24) is 9.62 Å². The van der Waals surface area contributed by atoms with Crippen LogP contribution in [0.5, 0.6) is 0 Å². The number of hydrogen-bond donors (Lipinski definition) is 2. The minimum atomic E-state index is -0.375. The molecule has 0 amide bonds. The summed E-state index contributed by atoms with van der Waals surface area (Å²) in [5.74, 6) is 0. The van der Waals surface area contributed by atoms with E-state index in [0.717, 1.165) is 21.1 Å². The van der Waals surface area contributed by atoms with E-state index in [4.69, 9.17) is 10.2 Å². The van der Waals surface area contributed by atoms with Gasteiger partial charge in [-0.3, -0.25) is 0 Å². The van der Waals surface area contributed by atoms with Crippen molar-refractivity contribution in [3.63, 3.8) is 0 Å². The topological polar surface area (TPSA) is 53.4 Å². The van der Waals surface area contributed by atoms with Crippen LogP contribution in [-0.2, 0) is 19.4 Å². The second kappa shape index (κ2) is 21.7. The molecular weight excluding hydrogens is 1000 g/mol. The summed E-state index contributed by atoms with van der Waals surface area (Å²) in [6.45, 7) is 3.35. The molecule has 338 valence electrons. The quantitative estimate of drug-likeness (QED) is 0.0939. The fourth-order valence-electron chi connectivity index (χ4n) is 9.23. The van der Waals surface area contributed by atoms with Gasteiger partial charge in [0.2, 0.25) is 0 Å². The third-order valence-electron chi connectivity index (χ3n) is 12.2. The Morgan fingerprint density at radius 1 is 0.448 bits per heavy atom. The summed E-state index contributed by atoms with van der Waals surface area (Å²) in [5.41, 5.74) is 16.6. The van der Waals surface area contributed by atoms with Crippen LogP contribution in [0.25, 0.3) is 66.8 Å². The summed E-state index contributed by atoms with van der Waals surface area (Å²) >= 11 is 2.53. The fourth-order valence-corrected chi connectivity index (χ4v) is 10.4. The van der Waals surface area contributed by atoms with Crippen molar-refractivity contribution in [1.29, 1.82) is 0 Å². The number of hydrogen-bond acceptors (Lipinski definition) is 6. The Balaban J connectivity index is 0.000000807. The Hall–Kier alpha value is -6.11. The van der Waals surface area contributed by atoms with Gasteiger partial charge in [-0.2, -0.15) is 0 Å². The Morgan fingerprint density at radius 3 is 1.13 bits per heavy atom. The number of aliphatic hydroxyl groups is 2. The molecule has 0 aromatic heterocycles. The Morgan fingerprint density at radius 2 is 0.806 bits per heavy atom. The molecule has 1 aliphatic heterocycles. The van der Waals surface area contributed by atoms with Crippen LogP contribution in [0.15, 0.2) is 200 Å². The van der Waals surface area contributed by atoms with E-state index in [1.165, 1.54) is 61.2 Å². The molecule has 0 spiro atoms. The van der Waals surface area contributed by atoms with E-state index in [-0.39, 0.29) is 26.0 Å². The predicted octanol–water partition coefficient (Wildman–Crippen LogP) is 11.8. The zero-order valence-corrected chi connectivity index (χ0v) is 41.3. The van der Waals surface area contributed by atoms with E-state index >= 15 is 0 Å². The van der Waals surface area contributed by atoms with Gasteiger partial charge in [-0.1, -0.05) is 0 Å². The van der Waals surface area contributed by atoms with Crippen LogP contribution in [0.3, 0.4) is 0 Å². The van der Waals surface area contributed by atoms with E-state index in [9.17, 15) is 0 Å². The van der Waals surface area contributed by atoms with Crippen molar-refractivity contribution in [3.05, 3.63) is 206 Å². The third kappa shape index (κ3) is 10.6. The first-order valence-electron chi connectivity index (χ1n) is 22.9. The molecule has 2 N–H and O–H groups in total. The maximum absolute atomic E-state index is 8.56. The molecule has 0 aliphatic carbocycles. The zero-order valence-electron chi connectivity index (χ0n) is 39.1. The molecule has 1 heterocycles. The molecule has 1 saturated heterocycles. The van der Waals surface area contributed by atoms with E-state index < -0.39 is 0 Å². The van der Waals surface area contributed by atoms with Crippen LogP contribution < -0.4 is 9.62 Å². The van der Waals surface area contributed by atoms with Gasteiger partial charge in [-0.25, -0.2) is 0 Å². The van der Waals surface area contributed by atoms with Crippen molar-refractivity contribution in [2.45, 2.75) is 32.5 Å². The molecule has 0 bridgehead atoms. The van der Waals surface area contributed by atoms with Gasteiger partial charge >= 0.3 is 369 Å². The number of aliphatic hydroxyl groups excluding tert-OH is 2. The SMILES string of the molecule is CC(O)CC(C)O.CN(C)B1B(N(C)C)N(c2ccc(-c3c(-c4ccccc4)cccc3-c3ccccc3)cc2)[C](=[Pt])N1c1[c-]cc(-c2c(-c3ccccc3)cccc2-c2ccccc2)cc1. The van der Waals surface area contributed by atoms with Gasteiger partial charge in [0.05, 0.1) is 12.2 Å². The van der Waals surface area contributed by atoms with E-state index in [0.29, 0.717) is 6.42 Å². The van der Waals surface area contributed by atoms with Crippen molar-refractivity contribution in [3.8, 4) is 66.8 Å². The third-order valence-corrected chi connectivity index (χ3v) is 13.2. The molecule has 1 fully saturated rings. The normalized spacial score (nSPS) is 13.5. The summed E-state index contributed by atoms with van der Waals surface area (Å²) in [6.07, 6.45) is -0.278. The van der Waals surface area contributed by atoms with Crippen LogP contribution in [0.4, 0.5) is 11.4 Å². The van der Waals surface area contributed by atoms with Crippen molar-refractivity contribution in [2.24, 2.45) is 0 Å². The number of rotatable bonds is 12. The Labute approximate surface area is 409 Å². The molecule has 9 heteroatoms. The summed E-state index contributed by atoms with van der Waals surface area (Å²) in [5, 5.41) is 17.1. The molecule has 1 aliphatic rings. The molecular formula is C58H57B2N4O2Pt-. The van der Waals surface area contributed by atoms with Crippen molar-refractivity contribution >= 4 is 29.3 Å². The van der Waals surface area contributed by atoms with Crippen LogP contribution in [0.1, 0.15) is 20.3 Å². The molecule has 2 unspecified atom stereocenters. The van der Waals surface area contributed by atoms with Gasteiger partial charge in [0, 0.05) is 0 Å². The average molecular weight is 1060 g/mol. The van der Waals surface area contributed by atoms with E-state index in [1.54, 1.807) is 13.8 Å². The van der Waals surface area contributed by atoms with Gasteiger partial charge in [-0.15, -0.1) is 0 Å². The first-order valence-corrected chi connectivity index (χ1v) is 24.0. The molecule has 8 aromatic rings. The van der Waals surface area contributed by atoms with Crippen molar-refractivity contribution < 1.29 is 29.6 Å². The standard InChI is InChI=1S/C53H45B2N4.C5H12O2.Pt/c1-56(2)54-55(57(3)4)59(47-37-33-45(34-38-47)53-50(42-23-13-7-14-24-42)29-18-30-51(53)43-25-15-8-16-26-43)39-58(54)46-35-31-44(32-36-46)52-48(40-19-9-5-10-20-40)27-17-28-49(52)41-21-11-6-12-22-41;1-4(6)3-5(2)7;/h5-37H,1-4H3;4-7H,3H2,1-2H3;/q-1;;. The fraction of sp³-hybridized carbons (Fsp3) is 0.155. The summed E-state index contributed by atoms with van der Waals surface area (Å²) < 4.78 is 1.12. The number of nitrogens with zero attached hydrogens (tertiary/aromatic N) is 4. The molecule has 0 radical (unpaired) electrons. The molecule has 0 saturated carbocycles. The van der Waals surface area contributed by atoms with Crippen LogP contribution >= 0.6 is 0 Å². The van der Waals surface area contributed by atoms with Gasteiger partial charge in [0.15, 0.2) is 0 Å². The summed E-state index contributed by atoms with van der Waals surface area (Å²) in [6, 6.07) is 75.8. The Bertz CT molecular complexity index is 2550. The molecule has 8 aromatic carbocycles. The second-order valence-electron chi connectivity index (χ2n) is 17.6. The number of benzene rings is 8. The van der Waals surface area contributed by atoms with Crippen LogP contribution in [-0.4, -0.2) is 78.1 Å². The van der Waals surface area contributed by atoms with Gasteiger partial charge in [0.1, 0.15) is 0 Å². The Kier molecular flexibility index (Phi) is 15.3. The van der Waals surface area contributed by atoms with Crippen LogP contribution in [0, 0.1) is 6.07 Å². The first kappa shape index (κ1) is 47.4. The molecule has 2 atom stereocenters. The predicted molar refractivity (Wildman–Crippen MR) is 281 cm³/mol. The zero-order chi connectivity index (χ0) is 47.0. The van der Waals surface area contributed by atoms with Gasteiger partial charge in [0.25, 0.3) is 0 Å². The molecule has 6 nitrogen and oxygen atoms in total. The van der Waals surface area contributed by atoms with E-state index in [2.05, 4.69) is 273 Å². The maximum atomic E-state index is 8.56. The molecule has 9 rings (SSSR count). The van der Waals surface area contributed by atoms with E-state index in [1.807, 2.05) is 0 Å². The van der Waals surface area contributed by atoms with Gasteiger partial charge in [-0.05, 0) is 20.3 Å². The molecule has 67 heavy (non-hydrogen) atoms. The first-order chi connectivity index (χ1) is 32.5. The number of anilines is 2. The second-order valence-corrected chi connectivity index (χ2v) is 18.6. The monoisotopic (exact) mass is 1060 g/mol.